The molecule has 0 spiro atoms. The lowest BCUT2D eigenvalue weighted by molar-refractivity contribution is 0.0700. The van der Waals surface area contributed by atoms with E-state index in [1.54, 1.807) is 0 Å². The van der Waals surface area contributed by atoms with Crippen molar-refractivity contribution in [2.75, 3.05) is 6.61 Å². The lowest BCUT2D eigenvalue weighted by atomic mass is 9.84. The molecule has 152 valence electrons. The molecule has 1 N–H and O–H groups in total. The zero-order valence-corrected chi connectivity index (χ0v) is 17.7. The molecular weight excluding hydrogens is 384 g/mol. The van der Waals surface area contributed by atoms with Gasteiger partial charge in [-0.15, -0.1) is 11.3 Å². The first-order valence-corrected chi connectivity index (χ1v) is 11.1. The van der Waals surface area contributed by atoms with Gasteiger partial charge in [-0.2, -0.15) is 0 Å². The third kappa shape index (κ3) is 4.10. The zero-order valence-electron chi connectivity index (χ0n) is 16.9. The van der Waals surface area contributed by atoms with Crippen LogP contribution < -0.4 is 9.47 Å². The highest BCUT2D eigenvalue weighted by Crippen LogP contribution is 2.43. The van der Waals surface area contributed by atoms with E-state index in [9.17, 15) is 9.90 Å². The maximum Gasteiger partial charge on any atom is 0.349 e. The van der Waals surface area contributed by atoms with E-state index >= 15 is 0 Å². The van der Waals surface area contributed by atoms with Crippen molar-refractivity contribution >= 4 is 27.4 Å². The van der Waals surface area contributed by atoms with Gasteiger partial charge in [0.25, 0.3) is 0 Å². The first-order chi connectivity index (χ1) is 14.1. The minimum atomic E-state index is -0.976. The molecule has 1 saturated carbocycles. The lowest BCUT2D eigenvalue weighted by Crippen LogP contribution is -2.04. The number of carbonyl (C=O) groups is 1. The van der Waals surface area contributed by atoms with Gasteiger partial charge in [0.15, 0.2) is 10.6 Å². The summed E-state index contributed by atoms with van der Waals surface area (Å²) < 4.78 is 12.7. The number of hydrogen-bond donors (Lipinski definition) is 1. The molecular formula is C24H26O4S. The van der Waals surface area contributed by atoms with E-state index in [1.807, 2.05) is 38.1 Å². The van der Waals surface area contributed by atoms with E-state index in [1.165, 1.54) is 49.0 Å². The van der Waals surface area contributed by atoms with Gasteiger partial charge >= 0.3 is 5.97 Å². The molecule has 3 aromatic rings. The van der Waals surface area contributed by atoms with Gasteiger partial charge in [0.05, 0.1) is 6.61 Å². The minimum absolute atomic E-state index is 0.212. The average Bonchev–Trinajstić information content (AvgIpc) is 3.07. The highest BCUT2D eigenvalue weighted by atomic mass is 32.1. The van der Waals surface area contributed by atoms with Gasteiger partial charge in [-0.1, -0.05) is 31.4 Å². The summed E-state index contributed by atoms with van der Waals surface area (Å²) in [5, 5.41) is 10.5. The van der Waals surface area contributed by atoms with Crippen LogP contribution in [0, 0.1) is 6.92 Å². The molecule has 1 aromatic heterocycles. The lowest BCUT2D eigenvalue weighted by Gasteiger charge is -2.22. The normalized spacial score (nSPS) is 14.8. The van der Waals surface area contributed by atoms with Crippen molar-refractivity contribution in [3.05, 3.63) is 52.4 Å². The standard InChI is InChI=1S/C24H26O4S/c1-3-27-20-14-19-21(13-15(20)2)29-23(24(25)26)22(19)28-18-11-9-17(10-12-18)16-7-5-4-6-8-16/h9-14,16H,3-8H2,1-2H3,(H,25,26). The number of thiophene rings is 1. The van der Waals surface area contributed by atoms with E-state index in [0.29, 0.717) is 24.0 Å². The molecule has 1 heterocycles. The van der Waals surface area contributed by atoms with E-state index in [4.69, 9.17) is 9.47 Å². The fourth-order valence-corrected chi connectivity index (χ4v) is 5.17. The van der Waals surface area contributed by atoms with Crippen LogP contribution in [0.3, 0.4) is 0 Å². The maximum atomic E-state index is 11.8. The molecule has 0 unspecified atom stereocenters. The molecule has 2 aromatic carbocycles. The predicted octanol–water partition coefficient (Wildman–Crippen LogP) is 7.15. The van der Waals surface area contributed by atoms with Gasteiger partial charge in [-0.25, -0.2) is 4.79 Å². The molecule has 1 aliphatic carbocycles. The van der Waals surface area contributed by atoms with Crippen molar-refractivity contribution < 1.29 is 19.4 Å². The van der Waals surface area contributed by atoms with Crippen molar-refractivity contribution in [2.24, 2.45) is 0 Å². The number of ether oxygens (including phenoxy) is 2. The largest absolute Gasteiger partial charge is 0.494 e. The summed E-state index contributed by atoms with van der Waals surface area (Å²) in [4.78, 5) is 12.0. The van der Waals surface area contributed by atoms with E-state index in [2.05, 4.69) is 12.1 Å². The number of rotatable bonds is 6. The monoisotopic (exact) mass is 410 g/mol. The molecule has 0 radical (unpaired) electrons. The van der Waals surface area contributed by atoms with Gasteiger partial charge in [0.1, 0.15) is 11.5 Å². The topological polar surface area (TPSA) is 55.8 Å². The van der Waals surface area contributed by atoms with Crippen LogP contribution in [0.5, 0.6) is 17.2 Å². The molecule has 0 bridgehead atoms. The van der Waals surface area contributed by atoms with Crippen LogP contribution in [0.1, 0.15) is 65.7 Å². The number of aromatic carboxylic acids is 1. The maximum absolute atomic E-state index is 11.8. The first-order valence-electron chi connectivity index (χ1n) is 10.3. The number of aryl methyl sites for hydroxylation is 1. The Labute approximate surface area is 175 Å². The quantitative estimate of drug-likeness (QED) is 0.469. The van der Waals surface area contributed by atoms with E-state index in [-0.39, 0.29) is 4.88 Å². The second-order valence-electron chi connectivity index (χ2n) is 7.62. The molecule has 4 rings (SSSR count). The number of carboxylic acids is 1. The minimum Gasteiger partial charge on any atom is -0.494 e. The molecule has 0 amide bonds. The molecule has 0 aliphatic heterocycles. The Hall–Kier alpha value is -2.53. The molecule has 29 heavy (non-hydrogen) atoms. The summed E-state index contributed by atoms with van der Waals surface area (Å²) in [7, 11) is 0. The predicted molar refractivity (Wildman–Crippen MR) is 117 cm³/mol. The van der Waals surface area contributed by atoms with Crippen LogP contribution in [0.4, 0.5) is 0 Å². The Morgan fingerprint density at radius 1 is 1.14 bits per heavy atom. The van der Waals surface area contributed by atoms with E-state index in [0.717, 1.165) is 21.4 Å². The Bertz CT molecular complexity index is 1010. The van der Waals surface area contributed by atoms with Crippen molar-refractivity contribution in [2.45, 2.75) is 51.9 Å². The number of carboxylic acid groups (broad SMARTS) is 1. The molecule has 4 nitrogen and oxygen atoms in total. The smallest absolute Gasteiger partial charge is 0.349 e. The highest BCUT2D eigenvalue weighted by Gasteiger charge is 2.22. The van der Waals surface area contributed by atoms with Crippen molar-refractivity contribution in [3.63, 3.8) is 0 Å². The van der Waals surface area contributed by atoms with Gasteiger partial charge in [-0.05, 0) is 68.0 Å². The third-order valence-corrected chi connectivity index (χ3v) is 6.73. The fraction of sp³-hybridized carbons (Fsp3) is 0.375. The van der Waals surface area contributed by atoms with Gasteiger partial charge in [0, 0.05) is 10.1 Å². The van der Waals surface area contributed by atoms with Gasteiger partial charge in [-0.3, -0.25) is 0 Å². The SMILES string of the molecule is CCOc1cc2c(Oc3ccc(C4CCCCC4)cc3)c(C(=O)O)sc2cc1C. The Kier molecular flexibility index (Phi) is 5.76. The van der Waals surface area contributed by atoms with Crippen molar-refractivity contribution in [3.8, 4) is 17.2 Å². The van der Waals surface area contributed by atoms with Crippen LogP contribution in [-0.2, 0) is 0 Å². The fourth-order valence-electron chi connectivity index (χ4n) is 4.12. The van der Waals surface area contributed by atoms with Gasteiger partial charge in [0.2, 0.25) is 0 Å². The molecule has 1 fully saturated rings. The van der Waals surface area contributed by atoms with E-state index < -0.39 is 5.97 Å². The molecule has 5 heteroatoms. The average molecular weight is 411 g/mol. The van der Waals surface area contributed by atoms with Crippen LogP contribution in [0.25, 0.3) is 10.1 Å². The second-order valence-corrected chi connectivity index (χ2v) is 8.67. The van der Waals surface area contributed by atoms with Crippen LogP contribution in [0.15, 0.2) is 36.4 Å². The molecule has 0 saturated heterocycles. The van der Waals surface area contributed by atoms with Crippen LogP contribution >= 0.6 is 11.3 Å². The highest BCUT2D eigenvalue weighted by molar-refractivity contribution is 7.21. The van der Waals surface area contributed by atoms with Crippen LogP contribution in [0.2, 0.25) is 0 Å². The Balaban J connectivity index is 1.67. The zero-order chi connectivity index (χ0) is 20.4. The van der Waals surface area contributed by atoms with Crippen molar-refractivity contribution in [1.82, 2.24) is 0 Å². The molecule has 0 atom stereocenters. The van der Waals surface area contributed by atoms with Crippen LogP contribution in [-0.4, -0.2) is 17.7 Å². The Morgan fingerprint density at radius 2 is 1.86 bits per heavy atom. The van der Waals surface area contributed by atoms with Gasteiger partial charge < -0.3 is 14.6 Å². The summed E-state index contributed by atoms with van der Waals surface area (Å²) in [5.41, 5.74) is 2.33. The second kappa shape index (κ2) is 8.46. The van der Waals surface area contributed by atoms with Crippen molar-refractivity contribution in [1.29, 1.82) is 0 Å². The summed E-state index contributed by atoms with van der Waals surface area (Å²) in [5.74, 6) is 1.46. The summed E-state index contributed by atoms with van der Waals surface area (Å²) in [6, 6.07) is 12.0. The number of hydrogen-bond acceptors (Lipinski definition) is 4. The number of fused-ring (bicyclic) bond motifs is 1. The summed E-state index contributed by atoms with van der Waals surface area (Å²) in [6.07, 6.45) is 6.43. The summed E-state index contributed by atoms with van der Waals surface area (Å²) >= 11 is 1.24. The molecule has 1 aliphatic rings. The first kappa shape index (κ1) is 19.8. The Morgan fingerprint density at radius 3 is 2.52 bits per heavy atom. The number of benzene rings is 2. The summed E-state index contributed by atoms with van der Waals surface area (Å²) in [6.45, 7) is 4.46. The third-order valence-electron chi connectivity index (χ3n) is 5.61.